The molecule has 0 bridgehead atoms. The van der Waals surface area contributed by atoms with E-state index in [0.29, 0.717) is 0 Å². The van der Waals surface area contributed by atoms with E-state index in [-0.39, 0.29) is 5.56 Å². The monoisotopic (exact) mass is 120 g/mol. The van der Waals surface area contributed by atoms with Crippen LogP contribution in [0.4, 0.5) is 0 Å². The van der Waals surface area contributed by atoms with E-state index < -0.39 is 0 Å². The Morgan fingerprint density at radius 3 is 2.86 bits per heavy atom. The molecule has 0 N–H and O–H groups in total. The molecule has 0 aromatic rings. The van der Waals surface area contributed by atoms with Crippen LogP contribution in [0.15, 0.2) is 12.3 Å². The number of hydrogen-bond donors (Lipinski definition) is 0. The summed E-state index contributed by atoms with van der Waals surface area (Å²) < 4.78 is 0. The number of alkyl halides is 1. The Kier molecular flexibility index (Phi) is 1.54. The van der Waals surface area contributed by atoms with E-state index in [1.807, 2.05) is 0 Å². The van der Waals surface area contributed by atoms with Crippen LogP contribution in [0, 0.1) is 0 Å². The van der Waals surface area contributed by atoms with Crippen molar-refractivity contribution in [3.63, 3.8) is 0 Å². The summed E-state index contributed by atoms with van der Waals surface area (Å²) in [5.74, 6) is 0. The molecule has 0 radical (unpaired) electrons. The Balaban J connectivity index is 2.32. The molecule has 1 heterocycles. The van der Waals surface area contributed by atoms with Gasteiger partial charge in [-0.2, -0.15) is 4.89 Å². The lowest BCUT2D eigenvalue weighted by Gasteiger charge is -2.08. The zero-order valence-corrected chi connectivity index (χ0v) is 4.39. The van der Waals surface area contributed by atoms with Crippen LogP contribution in [0.25, 0.3) is 0 Å². The highest BCUT2D eigenvalue weighted by atomic mass is 35.5. The molecule has 0 spiro atoms. The van der Waals surface area contributed by atoms with Gasteiger partial charge in [0.2, 0.25) is 0 Å². The molecule has 1 aliphatic heterocycles. The van der Waals surface area contributed by atoms with Crippen LogP contribution in [0.5, 0.6) is 0 Å². The van der Waals surface area contributed by atoms with Gasteiger partial charge in [0, 0.05) is 6.42 Å². The maximum Gasteiger partial charge on any atom is 0.181 e. The second kappa shape index (κ2) is 2.19. The van der Waals surface area contributed by atoms with Crippen LogP contribution in [0.2, 0.25) is 0 Å². The van der Waals surface area contributed by atoms with Crippen LogP contribution in [-0.4, -0.2) is 5.56 Å². The zero-order chi connectivity index (χ0) is 5.11. The third kappa shape index (κ3) is 1.37. The Bertz CT molecular complexity index is 81.8. The van der Waals surface area contributed by atoms with Gasteiger partial charge >= 0.3 is 0 Å². The summed E-state index contributed by atoms with van der Waals surface area (Å²) in [6.07, 6.45) is 4.00. The first-order valence-electron chi connectivity index (χ1n) is 2.01. The normalized spacial score (nSPS) is 29.6. The molecule has 0 saturated carbocycles. The van der Waals surface area contributed by atoms with E-state index in [1.165, 1.54) is 6.26 Å². The maximum absolute atomic E-state index is 5.42. The highest BCUT2D eigenvalue weighted by Gasteiger charge is 2.05. The molecule has 0 aromatic heterocycles. The summed E-state index contributed by atoms with van der Waals surface area (Å²) in [7, 11) is 0. The van der Waals surface area contributed by atoms with E-state index in [0.717, 1.165) is 6.42 Å². The van der Waals surface area contributed by atoms with Crippen molar-refractivity contribution in [1.82, 2.24) is 0 Å². The second-order valence-electron chi connectivity index (χ2n) is 1.21. The summed E-state index contributed by atoms with van der Waals surface area (Å²) in [6, 6.07) is 0. The summed E-state index contributed by atoms with van der Waals surface area (Å²) in [6.45, 7) is 0. The van der Waals surface area contributed by atoms with Gasteiger partial charge in [0.1, 0.15) is 6.26 Å². The van der Waals surface area contributed by atoms with Crippen molar-refractivity contribution in [1.29, 1.82) is 0 Å². The Hall–Kier alpha value is -0.210. The third-order valence-electron chi connectivity index (χ3n) is 0.633. The molecule has 2 nitrogen and oxygen atoms in total. The van der Waals surface area contributed by atoms with Crippen LogP contribution in [0.3, 0.4) is 0 Å². The summed E-state index contributed by atoms with van der Waals surface area (Å²) in [5.41, 5.74) is -0.301. The van der Waals surface area contributed by atoms with Crippen molar-refractivity contribution in [2.75, 3.05) is 0 Å². The number of rotatable bonds is 0. The molecule has 0 aliphatic carbocycles. The molecule has 1 rings (SSSR count). The van der Waals surface area contributed by atoms with Gasteiger partial charge in [0.15, 0.2) is 5.56 Å². The largest absolute Gasteiger partial charge is 0.344 e. The van der Waals surface area contributed by atoms with Crippen molar-refractivity contribution in [2.24, 2.45) is 0 Å². The Morgan fingerprint density at radius 1 is 1.71 bits per heavy atom. The predicted molar refractivity (Wildman–Crippen MR) is 25.6 cm³/mol. The average molecular weight is 121 g/mol. The van der Waals surface area contributed by atoms with Gasteiger partial charge in [0.25, 0.3) is 0 Å². The van der Waals surface area contributed by atoms with E-state index in [1.54, 1.807) is 6.08 Å². The first kappa shape index (κ1) is 4.94. The SMILES string of the molecule is ClC1CC=COO1. The van der Waals surface area contributed by atoms with Crippen molar-refractivity contribution in [3.05, 3.63) is 12.3 Å². The lowest BCUT2D eigenvalue weighted by atomic mass is 10.4. The third-order valence-corrected chi connectivity index (χ3v) is 0.884. The molecule has 0 saturated heterocycles. The van der Waals surface area contributed by atoms with Crippen molar-refractivity contribution in [2.45, 2.75) is 12.0 Å². The molecule has 7 heavy (non-hydrogen) atoms. The summed E-state index contributed by atoms with van der Waals surface area (Å²) in [4.78, 5) is 8.83. The van der Waals surface area contributed by atoms with Crippen LogP contribution in [0.1, 0.15) is 6.42 Å². The van der Waals surface area contributed by atoms with Gasteiger partial charge in [-0.1, -0.05) is 11.6 Å². The molecule has 0 aromatic carbocycles. The fourth-order valence-electron chi connectivity index (χ4n) is 0.333. The Labute approximate surface area is 46.6 Å². The minimum Gasteiger partial charge on any atom is -0.344 e. The van der Waals surface area contributed by atoms with Gasteiger partial charge in [-0.25, -0.2) is 0 Å². The Morgan fingerprint density at radius 2 is 2.57 bits per heavy atom. The fourth-order valence-corrected chi connectivity index (χ4v) is 0.478. The van der Waals surface area contributed by atoms with Crippen LogP contribution < -0.4 is 0 Å². The van der Waals surface area contributed by atoms with Crippen molar-refractivity contribution >= 4 is 11.6 Å². The molecule has 0 amide bonds. The molecule has 1 unspecified atom stereocenters. The lowest BCUT2D eigenvalue weighted by Crippen LogP contribution is -2.05. The second-order valence-corrected chi connectivity index (χ2v) is 1.70. The first-order chi connectivity index (χ1) is 3.39. The van der Waals surface area contributed by atoms with Gasteiger partial charge in [-0.3, -0.25) is 0 Å². The molecular weight excluding hydrogens is 115 g/mol. The van der Waals surface area contributed by atoms with Crippen molar-refractivity contribution in [3.8, 4) is 0 Å². The molecule has 40 valence electrons. The topological polar surface area (TPSA) is 18.5 Å². The highest BCUT2D eigenvalue weighted by molar-refractivity contribution is 6.19. The summed E-state index contributed by atoms with van der Waals surface area (Å²) >= 11 is 5.42. The highest BCUT2D eigenvalue weighted by Crippen LogP contribution is 2.09. The molecular formula is C4H5ClO2. The minimum absolute atomic E-state index is 0.301. The first-order valence-corrected chi connectivity index (χ1v) is 2.44. The maximum atomic E-state index is 5.42. The van der Waals surface area contributed by atoms with E-state index >= 15 is 0 Å². The zero-order valence-electron chi connectivity index (χ0n) is 3.63. The van der Waals surface area contributed by atoms with Crippen LogP contribution >= 0.6 is 11.6 Å². The van der Waals surface area contributed by atoms with E-state index in [2.05, 4.69) is 9.78 Å². The molecule has 1 aliphatic rings. The quantitative estimate of drug-likeness (QED) is 0.356. The standard InChI is InChI=1S/C4H5ClO2/c5-4-2-1-3-6-7-4/h1,3-4H,2H2. The fraction of sp³-hybridized carbons (Fsp3) is 0.500. The minimum atomic E-state index is -0.301. The summed E-state index contributed by atoms with van der Waals surface area (Å²) in [5, 5.41) is 0. The molecule has 0 fully saturated rings. The average Bonchev–Trinajstić information content (AvgIpc) is 1.69. The molecule has 1 atom stereocenters. The number of halogens is 1. The number of hydrogen-bond acceptors (Lipinski definition) is 2. The van der Waals surface area contributed by atoms with E-state index in [9.17, 15) is 0 Å². The van der Waals surface area contributed by atoms with Crippen LogP contribution in [-0.2, 0) is 9.78 Å². The van der Waals surface area contributed by atoms with E-state index in [4.69, 9.17) is 11.6 Å². The van der Waals surface area contributed by atoms with Gasteiger partial charge < -0.3 is 4.89 Å². The van der Waals surface area contributed by atoms with Gasteiger partial charge in [0.05, 0.1) is 0 Å². The smallest absolute Gasteiger partial charge is 0.181 e. The lowest BCUT2D eigenvalue weighted by molar-refractivity contribution is -0.268. The molecule has 3 heteroatoms. The van der Waals surface area contributed by atoms with Gasteiger partial charge in [-0.05, 0) is 6.08 Å². The predicted octanol–water partition coefficient (Wildman–Crippen LogP) is 1.42. The van der Waals surface area contributed by atoms with Crippen molar-refractivity contribution < 1.29 is 9.78 Å². The van der Waals surface area contributed by atoms with Gasteiger partial charge in [-0.15, -0.1) is 0 Å².